The zero-order chi connectivity index (χ0) is 12.6. The maximum absolute atomic E-state index is 11.3. The highest BCUT2D eigenvalue weighted by Crippen LogP contribution is 2.23. The number of imidazole rings is 1. The van der Waals surface area contributed by atoms with E-state index in [4.69, 9.17) is 5.73 Å². The van der Waals surface area contributed by atoms with Crippen molar-refractivity contribution in [1.82, 2.24) is 14.5 Å². The molecule has 5 nitrogen and oxygen atoms in total. The van der Waals surface area contributed by atoms with E-state index in [-0.39, 0.29) is 6.04 Å². The van der Waals surface area contributed by atoms with Crippen LogP contribution in [0.4, 0.5) is 5.95 Å². The first kappa shape index (κ1) is 12.5. The zero-order valence-corrected chi connectivity index (χ0v) is 12.0. The number of nitrogens with two attached hydrogens (primary N) is 1. The van der Waals surface area contributed by atoms with Crippen LogP contribution in [0.15, 0.2) is 16.7 Å². The third-order valence-corrected chi connectivity index (χ3v) is 3.83. The predicted octanol–water partition coefficient (Wildman–Crippen LogP) is 1.72. The minimum absolute atomic E-state index is 0.0134. The molecule has 17 heavy (non-hydrogen) atoms. The molecular formula is C10H13BrN4OS. The summed E-state index contributed by atoms with van der Waals surface area (Å²) in [7, 11) is -0.877. The average molecular weight is 317 g/mol. The van der Waals surface area contributed by atoms with Crippen LogP contribution >= 0.6 is 15.9 Å². The molecule has 0 fully saturated rings. The minimum atomic E-state index is -0.877. The van der Waals surface area contributed by atoms with Gasteiger partial charge in [-0.25, -0.2) is 9.97 Å². The molecule has 0 amide bonds. The molecule has 0 saturated carbocycles. The van der Waals surface area contributed by atoms with Crippen LogP contribution in [-0.2, 0) is 10.8 Å². The van der Waals surface area contributed by atoms with Gasteiger partial charge in [0, 0.05) is 39.5 Å². The first-order valence-electron chi connectivity index (χ1n) is 5.08. The van der Waals surface area contributed by atoms with Gasteiger partial charge in [0.25, 0.3) is 0 Å². The van der Waals surface area contributed by atoms with E-state index in [0.717, 1.165) is 15.6 Å². The molecule has 0 radical (unpaired) electrons. The Morgan fingerprint density at radius 1 is 1.65 bits per heavy atom. The first-order chi connectivity index (χ1) is 7.99. The third-order valence-electron chi connectivity index (χ3n) is 2.44. The molecule has 2 atom stereocenters. The highest BCUT2D eigenvalue weighted by molar-refractivity contribution is 9.10. The van der Waals surface area contributed by atoms with Crippen molar-refractivity contribution in [3.63, 3.8) is 0 Å². The maximum atomic E-state index is 11.3. The Balaban J connectivity index is 2.53. The van der Waals surface area contributed by atoms with Gasteiger partial charge in [-0.2, -0.15) is 0 Å². The quantitative estimate of drug-likeness (QED) is 0.935. The highest BCUT2D eigenvalue weighted by atomic mass is 79.9. The van der Waals surface area contributed by atoms with Crippen molar-refractivity contribution in [2.24, 2.45) is 0 Å². The number of halogens is 1. The van der Waals surface area contributed by atoms with Gasteiger partial charge in [-0.15, -0.1) is 0 Å². The number of anilines is 1. The number of fused-ring (bicyclic) bond motifs is 1. The largest absolute Gasteiger partial charge is 0.369 e. The van der Waals surface area contributed by atoms with Gasteiger partial charge >= 0.3 is 0 Å². The molecule has 0 saturated heterocycles. The molecule has 2 aromatic rings. The molecule has 2 unspecified atom stereocenters. The molecule has 0 aromatic carbocycles. The fourth-order valence-corrected chi connectivity index (χ4v) is 2.97. The number of hydrogen-bond donors (Lipinski definition) is 1. The van der Waals surface area contributed by atoms with Crippen molar-refractivity contribution in [3.05, 3.63) is 16.7 Å². The summed E-state index contributed by atoms with van der Waals surface area (Å²) in [6.45, 7) is 1.96. The van der Waals surface area contributed by atoms with Crippen molar-refractivity contribution in [3.8, 4) is 0 Å². The van der Waals surface area contributed by atoms with Gasteiger partial charge in [-0.3, -0.25) is 8.78 Å². The summed E-state index contributed by atoms with van der Waals surface area (Å²) in [4.78, 5) is 8.56. The number of pyridine rings is 1. The van der Waals surface area contributed by atoms with Crippen LogP contribution in [0, 0.1) is 0 Å². The van der Waals surface area contributed by atoms with E-state index in [1.807, 2.05) is 17.6 Å². The lowest BCUT2D eigenvalue weighted by atomic mass is 10.3. The Morgan fingerprint density at radius 2 is 2.35 bits per heavy atom. The Hall–Kier alpha value is -0.950. The average Bonchev–Trinajstić information content (AvgIpc) is 2.51. The van der Waals surface area contributed by atoms with Crippen molar-refractivity contribution < 1.29 is 4.21 Å². The Bertz CT molecular complexity index is 583. The van der Waals surface area contributed by atoms with Crippen molar-refractivity contribution >= 4 is 43.8 Å². The van der Waals surface area contributed by atoms with Crippen LogP contribution in [-0.4, -0.2) is 30.8 Å². The summed E-state index contributed by atoms with van der Waals surface area (Å²) in [5.41, 5.74) is 7.34. The van der Waals surface area contributed by atoms with E-state index >= 15 is 0 Å². The molecule has 7 heteroatoms. The molecule has 2 heterocycles. The fraction of sp³-hybridized carbons (Fsp3) is 0.400. The smallest absolute Gasteiger partial charge is 0.202 e. The van der Waals surface area contributed by atoms with E-state index in [0.29, 0.717) is 11.7 Å². The van der Waals surface area contributed by atoms with E-state index in [1.165, 1.54) is 0 Å². The van der Waals surface area contributed by atoms with Gasteiger partial charge in [-0.05, 0) is 28.9 Å². The van der Waals surface area contributed by atoms with Crippen molar-refractivity contribution in [2.45, 2.75) is 13.0 Å². The Labute approximate surface area is 110 Å². The first-order valence-corrected chi connectivity index (χ1v) is 7.60. The summed E-state index contributed by atoms with van der Waals surface area (Å²) < 4.78 is 13.9. The summed E-state index contributed by atoms with van der Waals surface area (Å²) in [5, 5.41) is 0. The zero-order valence-electron chi connectivity index (χ0n) is 9.55. The maximum Gasteiger partial charge on any atom is 0.202 e. The summed E-state index contributed by atoms with van der Waals surface area (Å²) >= 11 is 3.34. The summed E-state index contributed by atoms with van der Waals surface area (Å²) in [6.07, 6.45) is 3.38. The van der Waals surface area contributed by atoms with Crippen molar-refractivity contribution in [1.29, 1.82) is 0 Å². The topological polar surface area (TPSA) is 73.8 Å². The highest BCUT2D eigenvalue weighted by Gasteiger charge is 2.16. The van der Waals surface area contributed by atoms with E-state index in [1.54, 1.807) is 12.5 Å². The van der Waals surface area contributed by atoms with E-state index < -0.39 is 10.8 Å². The number of aromatic nitrogens is 3. The number of rotatable bonds is 3. The van der Waals surface area contributed by atoms with Gasteiger partial charge < -0.3 is 5.73 Å². The SMILES string of the molecule is CC(CS(C)=O)n1c(N)nc2cc(Br)cnc21. The van der Waals surface area contributed by atoms with Gasteiger partial charge in [0.1, 0.15) is 5.52 Å². The fourth-order valence-electron chi connectivity index (χ4n) is 1.82. The second-order valence-electron chi connectivity index (χ2n) is 3.93. The Kier molecular flexibility index (Phi) is 3.48. The normalized spacial score (nSPS) is 15.0. The molecular weight excluding hydrogens is 304 g/mol. The minimum Gasteiger partial charge on any atom is -0.369 e. The monoisotopic (exact) mass is 316 g/mol. The van der Waals surface area contributed by atoms with E-state index in [2.05, 4.69) is 25.9 Å². The molecule has 0 aliphatic carbocycles. The molecule has 0 aliphatic rings. The molecule has 0 spiro atoms. The molecule has 2 aromatic heterocycles. The predicted molar refractivity (Wildman–Crippen MR) is 73.3 cm³/mol. The van der Waals surface area contributed by atoms with E-state index in [9.17, 15) is 4.21 Å². The standard InChI is InChI=1S/C10H13BrN4OS/c1-6(5-17(2)16)15-9-8(14-10(15)12)3-7(11)4-13-9/h3-4,6H,5H2,1-2H3,(H2,12,14). The molecule has 2 N–H and O–H groups in total. The van der Waals surface area contributed by atoms with Crippen LogP contribution in [0.3, 0.4) is 0 Å². The van der Waals surface area contributed by atoms with Gasteiger partial charge in [0.05, 0.1) is 0 Å². The van der Waals surface area contributed by atoms with Gasteiger partial charge in [0.15, 0.2) is 5.65 Å². The Morgan fingerprint density at radius 3 is 3.00 bits per heavy atom. The van der Waals surface area contributed by atoms with Crippen LogP contribution in [0.1, 0.15) is 13.0 Å². The van der Waals surface area contributed by atoms with Gasteiger partial charge in [-0.1, -0.05) is 0 Å². The molecule has 92 valence electrons. The van der Waals surface area contributed by atoms with Crippen LogP contribution < -0.4 is 5.73 Å². The van der Waals surface area contributed by atoms with Crippen LogP contribution in [0.5, 0.6) is 0 Å². The third kappa shape index (κ3) is 2.50. The lowest BCUT2D eigenvalue weighted by Crippen LogP contribution is -2.15. The number of hydrogen-bond acceptors (Lipinski definition) is 4. The van der Waals surface area contributed by atoms with Crippen LogP contribution in [0.25, 0.3) is 11.2 Å². The molecule has 2 rings (SSSR count). The summed E-state index contributed by atoms with van der Waals surface area (Å²) in [5.74, 6) is 0.941. The van der Waals surface area contributed by atoms with Gasteiger partial charge in [0.2, 0.25) is 5.95 Å². The second-order valence-corrected chi connectivity index (χ2v) is 6.32. The lowest BCUT2D eigenvalue weighted by Gasteiger charge is -2.13. The molecule has 0 aliphatic heterocycles. The summed E-state index contributed by atoms with van der Waals surface area (Å²) in [6, 6.07) is 1.88. The second kappa shape index (κ2) is 4.73. The molecule has 0 bridgehead atoms. The van der Waals surface area contributed by atoms with Crippen molar-refractivity contribution in [2.75, 3.05) is 17.7 Å². The number of nitrogen functional groups attached to an aromatic ring is 1. The number of nitrogens with zero attached hydrogens (tertiary/aromatic N) is 3. The van der Waals surface area contributed by atoms with Crippen LogP contribution in [0.2, 0.25) is 0 Å². The lowest BCUT2D eigenvalue weighted by molar-refractivity contribution is 0.615.